The number of anilines is 1. The summed E-state index contributed by atoms with van der Waals surface area (Å²) in [6.45, 7) is 3.57. The number of carbonyl (C=O) groups excluding carboxylic acids is 1. The third kappa shape index (κ3) is 3.47. The van der Waals surface area contributed by atoms with Gasteiger partial charge in [0.25, 0.3) is 0 Å². The fraction of sp³-hybridized carbons (Fsp3) is 0.545. The van der Waals surface area contributed by atoms with Gasteiger partial charge in [0.1, 0.15) is 0 Å². The monoisotopic (exact) mass is 254 g/mol. The largest absolute Gasteiger partial charge is 0.481 e. The summed E-state index contributed by atoms with van der Waals surface area (Å²) >= 11 is 0. The van der Waals surface area contributed by atoms with Crippen LogP contribution in [0.3, 0.4) is 0 Å². The molecule has 1 atom stereocenters. The lowest BCUT2D eigenvalue weighted by Gasteiger charge is -2.19. The predicted octanol–water partition coefficient (Wildman–Crippen LogP) is 0.913. The van der Waals surface area contributed by atoms with E-state index in [2.05, 4.69) is 10.4 Å². The van der Waals surface area contributed by atoms with E-state index in [-0.39, 0.29) is 12.6 Å². The number of aromatic nitrogens is 2. The second-order valence-electron chi connectivity index (χ2n) is 4.34. The topological polar surface area (TPSA) is 87.5 Å². The highest BCUT2D eigenvalue weighted by Crippen LogP contribution is 2.08. The number of carboxylic acids is 1. The summed E-state index contributed by atoms with van der Waals surface area (Å²) in [4.78, 5) is 23.8. The van der Waals surface area contributed by atoms with E-state index in [9.17, 15) is 9.59 Å². The van der Waals surface area contributed by atoms with Crippen molar-refractivity contribution in [3.63, 3.8) is 0 Å². The Balaban J connectivity index is 2.57. The van der Waals surface area contributed by atoms with E-state index in [1.165, 1.54) is 4.90 Å². The van der Waals surface area contributed by atoms with Crippen LogP contribution in [-0.2, 0) is 11.8 Å². The van der Waals surface area contributed by atoms with Crippen LogP contribution in [0.1, 0.15) is 12.6 Å². The number of carbonyl (C=O) groups is 2. The number of rotatable bonds is 4. The van der Waals surface area contributed by atoms with Crippen LogP contribution in [0.25, 0.3) is 0 Å². The molecule has 1 heterocycles. The summed E-state index contributed by atoms with van der Waals surface area (Å²) in [5, 5.41) is 15.5. The Bertz CT molecular complexity index is 436. The first-order valence-corrected chi connectivity index (χ1v) is 5.56. The first-order chi connectivity index (χ1) is 8.31. The van der Waals surface area contributed by atoms with Gasteiger partial charge in [-0.3, -0.25) is 14.8 Å². The number of urea groups is 1. The molecule has 100 valence electrons. The molecule has 2 N–H and O–H groups in total. The van der Waals surface area contributed by atoms with Gasteiger partial charge in [-0.05, 0) is 6.92 Å². The summed E-state index contributed by atoms with van der Waals surface area (Å²) in [7, 11) is 3.33. The third-order valence-electron chi connectivity index (χ3n) is 2.66. The number of nitrogens with one attached hydrogen (secondary N) is 1. The molecule has 1 rings (SSSR count). The molecule has 0 spiro atoms. The van der Waals surface area contributed by atoms with Crippen LogP contribution < -0.4 is 5.32 Å². The molecule has 2 amide bonds. The predicted molar refractivity (Wildman–Crippen MR) is 66.4 cm³/mol. The second kappa shape index (κ2) is 5.52. The van der Waals surface area contributed by atoms with Gasteiger partial charge >= 0.3 is 12.0 Å². The fourth-order valence-corrected chi connectivity index (χ4v) is 1.40. The molecule has 0 fully saturated rings. The minimum absolute atomic E-state index is 0.146. The Morgan fingerprint density at radius 2 is 2.22 bits per heavy atom. The molecule has 1 aromatic rings. The van der Waals surface area contributed by atoms with Gasteiger partial charge in [-0.1, -0.05) is 6.92 Å². The molecule has 0 aromatic carbocycles. The van der Waals surface area contributed by atoms with Crippen LogP contribution in [-0.4, -0.2) is 45.4 Å². The van der Waals surface area contributed by atoms with E-state index in [1.54, 1.807) is 31.8 Å². The summed E-state index contributed by atoms with van der Waals surface area (Å²) < 4.78 is 1.65. The van der Waals surface area contributed by atoms with E-state index >= 15 is 0 Å². The number of aryl methyl sites for hydroxylation is 2. The van der Waals surface area contributed by atoms with Crippen LogP contribution in [0.2, 0.25) is 0 Å². The maximum Gasteiger partial charge on any atom is 0.322 e. The van der Waals surface area contributed by atoms with Crippen molar-refractivity contribution in [3.8, 4) is 0 Å². The molecule has 0 aliphatic carbocycles. The molecular formula is C11H18N4O3. The number of aliphatic carboxylic acids is 1. The molecule has 1 aromatic heterocycles. The van der Waals surface area contributed by atoms with Crippen molar-refractivity contribution in [3.05, 3.63) is 11.8 Å². The first kappa shape index (κ1) is 14.0. The molecule has 18 heavy (non-hydrogen) atoms. The normalized spacial score (nSPS) is 12.0. The van der Waals surface area contributed by atoms with Crippen LogP contribution in [0.5, 0.6) is 0 Å². The van der Waals surface area contributed by atoms with Gasteiger partial charge in [-0.2, -0.15) is 5.10 Å². The number of amides is 2. The Labute approximate surface area is 105 Å². The smallest absolute Gasteiger partial charge is 0.322 e. The quantitative estimate of drug-likeness (QED) is 0.836. The van der Waals surface area contributed by atoms with Crippen LogP contribution in [0.15, 0.2) is 6.07 Å². The minimum atomic E-state index is -0.927. The van der Waals surface area contributed by atoms with Crippen LogP contribution in [0, 0.1) is 12.8 Å². The number of nitrogens with zero attached hydrogens (tertiary/aromatic N) is 3. The zero-order valence-electron chi connectivity index (χ0n) is 11.0. The van der Waals surface area contributed by atoms with E-state index < -0.39 is 11.9 Å². The highest BCUT2D eigenvalue weighted by atomic mass is 16.4. The van der Waals surface area contributed by atoms with Gasteiger partial charge in [0.05, 0.1) is 5.92 Å². The van der Waals surface area contributed by atoms with E-state index in [0.29, 0.717) is 5.82 Å². The third-order valence-corrected chi connectivity index (χ3v) is 2.66. The van der Waals surface area contributed by atoms with Gasteiger partial charge in [-0.25, -0.2) is 4.79 Å². The molecule has 0 bridgehead atoms. The average molecular weight is 254 g/mol. The Morgan fingerprint density at radius 1 is 1.61 bits per heavy atom. The molecule has 0 aliphatic heterocycles. The minimum Gasteiger partial charge on any atom is -0.481 e. The van der Waals surface area contributed by atoms with Crippen molar-refractivity contribution in [2.45, 2.75) is 13.8 Å². The van der Waals surface area contributed by atoms with Crippen molar-refractivity contribution in [1.82, 2.24) is 14.7 Å². The average Bonchev–Trinajstić information content (AvgIpc) is 2.57. The summed E-state index contributed by atoms with van der Waals surface area (Å²) in [5.41, 5.74) is 0.923. The molecular weight excluding hydrogens is 236 g/mol. The molecule has 0 radical (unpaired) electrons. The van der Waals surface area contributed by atoms with Crippen molar-refractivity contribution in [2.75, 3.05) is 18.9 Å². The van der Waals surface area contributed by atoms with E-state index in [4.69, 9.17) is 5.11 Å². The van der Waals surface area contributed by atoms with Crippen molar-refractivity contribution in [1.29, 1.82) is 0 Å². The lowest BCUT2D eigenvalue weighted by molar-refractivity contribution is -0.141. The Kier molecular flexibility index (Phi) is 4.30. The maximum absolute atomic E-state index is 11.8. The molecule has 7 heteroatoms. The van der Waals surface area contributed by atoms with Crippen LogP contribution in [0.4, 0.5) is 10.6 Å². The van der Waals surface area contributed by atoms with E-state index in [1.807, 2.05) is 6.92 Å². The Morgan fingerprint density at radius 3 is 2.67 bits per heavy atom. The zero-order valence-corrected chi connectivity index (χ0v) is 11.0. The number of hydrogen-bond donors (Lipinski definition) is 2. The SMILES string of the molecule is Cc1cc(NC(=O)N(C)CC(C)C(=O)O)nn1C. The standard InChI is InChI=1S/C11H18N4O3/c1-7(10(16)17)6-14(3)11(18)12-9-5-8(2)15(4)13-9/h5,7H,6H2,1-4H3,(H,16,17)(H,12,13,18). The fourth-order valence-electron chi connectivity index (χ4n) is 1.40. The molecule has 0 saturated carbocycles. The summed E-state index contributed by atoms with van der Waals surface area (Å²) in [6.07, 6.45) is 0. The first-order valence-electron chi connectivity index (χ1n) is 5.56. The zero-order chi connectivity index (χ0) is 13.9. The highest BCUT2D eigenvalue weighted by Gasteiger charge is 2.18. The highest BCUT2D eigenvalue weighted by molar-refractivity contribution is 5.88. The van der Waals surface area contributed by atoms with Gasteiger partial charge in [0, 0.05) is 32.4 Å². The number of carboxylic acid groups (broad SMARTS) is 1. The molecule has 0 aliphatic rings. The summed E-state index contributed by atoms with van der Waals surface area (Å²) in [6, 6.07) is 1.37. The van der Waals surface area contributed by atoms with Crippen molar-refractivity contribution in [2.24, 2.45) is 13.0 Å². The van der Waals surface area contributed by atoms with Crippen molar-refractivity contribution >= 4 is 17.8 Å². The molecule has 7 nitrogen and oxygen atoms in total. The van der Waals surface area contributed by atoms with Gasteiger partial charge in [-0.15, -0.1) is 0 Å². The maximum atomic E-state index is 11.8. The van der Waals surface area contributed by atoms with Crippen LogP contribution >= 0.6 is 0 Å². The number of hydrogen-bond acceptors (Lipinski definition) is 3. The second-order valence-corrected chi connectivity index (χ2v) is 4.34. The van der Waals surface area contributed by atoms with Crippen molar-refractivity contribution < 1.29 is 14.7 Å². The lowest BCUT2D eigenvalue weighted by Crippen LogP contribution is -2.36. The van der Waals surface area contributed by atoms with Gasteiger partial charge in [0.15, 0.2) is 5.82 Å². The molecule has 0 saturated heterocycles. The Hall–Kier alpha value is -2.05. The molecule has 1 unspecified atom stereocenters. The van der Waals surface area contributed by atoms with Gasteiger partial charge < -0.3 is 10.0 Å². The van der Waals surface area contributed by atoms with E-state index in [0.717, 1.165) is 5.69 Å². The van der Waals surface area contributed by atoms with Gasteiger partial charge in [0.2, 0.25) is 0 Å². The lowest BCUT2D eigenvalue weighted by atomic mass is 10.2. The summed E-state index contributed by atoms with van der Waals surface area (Å²) in [5.74, 6) is -1.08.